The number of benzene rings is 1. The van der Waals surface area contributed by atoms with Gasteiger partial charge >= 0.3 is 5.97 Å². The van der Waals surface area contributed by atoms with E-state index in [1.807, 2.05) is 17.9 Å². The quantitative estimate of drug-likeness (QED) is 0.482. The van der Waals surface area contributed by atoms with E-state index in [4.69, 9.17) is 4.74 Å². The second-order valence-electron chi connectivity index (χ2n) is 6.41. The van der Waals surface area contributed by atoms with Crippen molar-refractivity contribution in [2.75, 3.05) is 19.6 Å². The number of esters is 1. The highest BCUT2D eigenvalue weighted by molar-refractivity contribution is 5.94. The highest BCUT2D eigenvalue weighted by atomic mass is 16.5. The number of carbonyl (C=O) groups excluding carboxylic acids is 3. The van der Waals surface area contributed by atoms with Gasteiger partial charge in [0.25, 0.3) is 5.91 Å². The molecule has 1 aliphatic rings. The van der Waals surface area contributed by atoms with Crippen LogP contribution >= 0.6 is 0 Å². The zero-order valence-electron chi connectivity index (χ0n) is 15.4. The van der Waals surface area contributed by atoms with Gasteiger partial charge in [0.15, 0.2) is 0 Å². The minimum atomic E-state index is -0.411. The molecule has 2 rings (SSSR count). The Hall–Kier alpha value is -2.63. The molecule has 0 spiro atoms. The molecule has 1 saturated heterocycles. The van der Waals surface area contributed by atoms with E-state index >= 15 is 0 Å². The maximum absolute atomic E-state index is 12.6. The van der Waals surface area contributed by atoms with E-state index in [-0.39, 0.29) is 11.8 Å². The molecule has 0 saturated carbocycles. The number of hydrogen-bond acceptors (Lipinski definition) is 4. The molecule has 2 amide bonds. The molecule has 6 heteroatoms. The highest BCUT2D eigenvalue weighted by Crippen LogP contribution is 2.20. The summed E-state index contributed by atoms with van der Waals surface area (Å²) < 4.78 is 5.04. The number of amides is 2. The van der Waals surface area contributed by atoms with Gasteiger partial charge in [-0.05, 0) is 49.5 Å². The summed E-state index contributed by atoms with van der Waals surface area (Å²) in [5.74, 6) is 0.220. The standard InChI is InChI=1S/C20H26N2O4/c1-3-4-8-19(24)21-14-16-9-11-22(12-10-16)20(25)17-6-5-7-18(13-17)26-15(2)23/h4-8,13,16H,3,9-12,14H2,1-2H3,(H,21,24)/b8-4+. The lowest BCUT2D eigenvalue weighted by Gasteiger charge is -2.32. The second-order valence-corrected chi connectivity index (χ2v) is 6.41. The number of carbonyl (C=O) groups is 3. The minimum Gasteiger partial charge on any atom is -0.427 e. The van der Waals surface area contributed by atoms with Crippen LogP contribution in [0.1, 0.15) is 43.5 Å². The fraction of sp³-hybridized carbons (Fsp3) is 0.450. The minimum absolute atomic E-state index is 0.0624. The van der Waals surface area contributed by atoms with Crippen LogP contribution in [-0.2, 0) is 9.59 Å². The third-order valence-corrected chi connectivity index (χ3v) is 4.31. The Morgan fingerprint density at radius 3 is 2.65 bits per heavy atom. The number of rotatable bonds is 6. The maximum atomic E-state index is 12.6. The van der Waals surface area contributed by atoms with Crippen molar-refractivity contribution in [3.63, 3.8) is 0 Å². The van der Waals surface area contributed by atoms with E-state index < -0.39 is 5.97 Å². The van der Waals surface area contributed by atoms with Crippen molar-refractivity contribution < 1.29 is 19.1 Å². The van der Waals surface area contributed by atoms with Crippen molar-refractivity contribution in [3.05, 3.63) is 42.0 Å². The van der Waals surface area contributed by atoms with Crippen LogP contribution in [0.15, 0.2) is 36.4 Å². The van der Waals surface area contributed by atoms with Gasteiger partial charge in [-0.2, -0.15) is 0 Å². The Morgan fingerprint density at radius 2 is 2.00 bits per heavy atom. The van der Waals surface area contributed by atoms with Crippen molar-refractivity contribution in [1.29, 1.82) is 0 Å². The molecule has 1 heterocycles. The molecular weight excluding hydrogens is 332 g/mol. The van der Waals surface area contributed by atoms with Gasteiger partial charge < -0.3 is 15.0 Å². The number of likely N-dealkylation sites (tertiary alicyclic amines) is 1. The van der Waals surface area contributed by atoms with E-state index in [2.05, 4.69) is 5.32 Å². The van der Waals surface area contributed by atoms with Gasteiger partial charge in [-0.3, -0.25) is 14.4 Å². The number of hydrogen-bond donors (Lipinski definition) is 1. The molecule has 26 heavy (non-hydrogen) atoms. The molecule has 0 unspecified atom stereocenters. The summed E-state index contributed by atoms with van der Waals surface area (Å²) in [5.41, 5.74) is 0.514. The Morgan fingerprint density at radius 1 is 1.27 bits per heavy atom. The average Bonchev–Trinajstić information content (AvgIpc) is 2.64. The van der Waals surface area contributed by atoms with Crippen LogP contribution in [0.4, 0.5) is 0 Å². The van der Waals surface area contributed by atoms with Crippen LogP contribution in [0.5, 0.6) is 5.75 Å². The number of nitrogens with zero attached hydrogens (tertiary/aromatic N) is 1. The highest BCUT2D eigenvalue weighted by Gasteiger charge is 2.24. The van der Waals surface area contributed by atoms with E-state index in [1.165, 1.54) is 6.92 Å². The van der Waals surface area contributed by atoms with Crippen molar-refractivity contribution >= 4 is 17.8 Å². The zero-order valence-corrected chi connectivity index (χ0v) is 15.4. The van der Waals surface area contributed by atoms with Crippen molar-refractivity contribution in [2.24, 2.45) is 5.92 Å². The van der Waals surface area contributed by atoms with Gasteiger partial charge in [-0.15, -0.1) is 0 Å². The molecule has 1 aromatic carbocycles. The number of ether oxygens (including phenoxy) is 1. The first-order valence-electron chi connectivity index (χ1n) is 9.01. The van der Waals surface area contributed by atoms with Crippen LogP contribution in [-0.4, -0.2) is 42.3 Å². The predicted molar refractivity (Wildman–Crippen MR) is 98.8 cm³/mol. The lowest BCUT2D eigenvalue weighted by atomic mass is 9.96. The second kappa shape index (κ2) is 9.75. The Bertz CT molecular complexity index is 676. The molecule has 0 aliphatic carbocycles. The number of piperidine rings is 1. The summed E-state index contributed by atoms with van der Waals surface area (Å²) in [6.07, 6.45) is 5.95. The maximum Gasteiger partial charge on any atom is 0.308 e. The monoisotopic (exact) mass is 358 g/mol. The van der Waals surface area contributed by atoms with Gasteiger partial charge in [0.05, 0.1) is 0 Å². The van der Waals surface area contributed by atoms with E-state index in [0.29, 0.717) is 36.9 Å². The van der Waals surface area contributed by atoms with Crippen LogP contribution < -0.4 is 10.1 Å². The Labute approximate surface area is 154 Å². The predicted octanol–water partition coefficient (Wildman–Crippen LogP) is 2.55. The van der Waals surface area contributed by atoms with Gasteiger partial charge in [-0.25, -0.2) is 0 Å². The van der Waals surface area contributed by atoms with Gasteiger partial charge in [0, 0.05) is 32.1 Å². The van der Waals surface area contributed by atoms with Crippen molar-refractivity contribution in [3.8, 4) is 5.75 Å². The number of allylic oxidation sites excluding steroid dienone is 1. The van der Waals surface area contributed by atoms with Crippen LogP contribution in [0.3, 0.4) is 0 Å². The lowest BCUT2D eigenvalue weighted by molar-refractivity contribution is -0.131. The summed E-state index contributed by atoms with van der Waals surface area (Å²) in [4.78, 5) is 37.1. The zero-order chi connectivity index (χ0) is 18.9. The first-order valence-corrected chi connectivity index (χ1v) is 9.01. The molecule has 1 fully saturated rings. The first kappa shape index (κ1) is 19.7. The van der Waals surface area contributed by atoms with E-state index in [0.717, 1.165) is 19.3 Å². The summed E-state index contributed by atoms with van der Waals surface area (Å²) in [6.45, 7) is 5.26. The third kappa shape index (κ3) is 6.02. The number of nitrogens with one attached hydrogen (secondary N) is 1. The Balaban J connectivity index is 1.83. The molecule has 0 radical (unpaired) electrons. The molecule has 0 atom stereocenters. The summed E-state index contributed by atoms with van der Waals surface area (Å²) >= 11 is 0. The first-order chi connectivity index (χ1) is 12.5. The molecule has 140 valence electrons. The lowest BCUT2D eigenvalue weighted by Crippen LogP contribution is -2.41. The van der Waals surface area contributed by atoms with Crippen molar-refractivity contribution in [2.45, 2.75) is 33.1 Å². The van der Waals surface area contributed by atoms with Crippen molar-refractivity contribution in [1.82, 2.24) is 10.2 Å². The van der Waals surface area contributed by atoms with Crippen LogP contribution in [0, 0.1) is 5.92 Å². The SMILES string of the molecule is CC/C=C/C(=O)NCC1CCN(C(=O)c2cccc(OC(C)=O)c2)CC1. The van der Waals surface area contributed by atoms with E-state index in [9.17, 15) is 14.4 Å². The fourth-order valence-electron chi connectivity index (χ4n) is 2.91. The summed E-state index contributed by atoms with van der Waals surface area (Å²) in [7, 11) is 0. The van der Waals surface area contributed by atoms with Gasteiger partial charge in [-0.1, -0.05) is 19.1 Å². The molecule has 0 aromatic heterocycles. The average molecular weight is 358 g/mol. The topological polar surface area (TPSA) is 75.7 Å². The smallest absolute Gasteiger partial charge is 0.308 e. The molecule has 1 aromatic rings. The fourth-order valence-corrected chi connectivity index (χ4v) is 2.91. The molecular formula is C20H26N2O4. The normalized spacial score (nSPS) is 15.1. The molecule has 1 N–H and O–H groups in total. The Kier molecular flexibility index (Phi) is 7.38. The largest absolute Gasteiger partial charge is 0.427 e. The summed E-state index contributed by atoms with van der Waals surface area (Å²) in [6, 6.07) is 6.68. The van der Waals surface area contributed by atoms with E-state index in [1.54, 1.807) is 30.3 Å². The molecule has 1 aliphatic heterocycles. The molecule has 6 nitrogen and oxygen atoms in total. The van der Waals surface area contributed by atoms with Gasteiger partial charge in [0.1, 0.15) is 5.75 Å². The van der Waals surface area contributed by atoms with Crippen LogP contribution in [0.25, 0.3) is 0 Å². The third-order valence-electron chi connectivity index (χ3n) is 4.31. The summed E-state index contributed by atoms with van der Waals surface area (Å²) in [5, 5.41) is 2.91. The van der Waals surface area contributed by atoms with Crippen LogP contribution in [0.2, 0.25) is 0 Å². The molecule has 0 bridgehead atoms. The van der Waals surface area contributed by atoms with Gasteiger partial charge in [0.2, 0.25) is 5.91 Å².